The maximum absolute atomic E-state index is 12.5. The topological polar surface area (TPSA) is 61.8 Å². The Morgan fingerprint density at radius 3 is 2.96 bits per heavy atom. The largest absolute Gasteiger partial charge is 0.487 e. The van der Waals surface area contributed by atoms with Crippen LogP contribution in [0.5, 0.6) is 0 Å². The molecule has 5 rings (SSSR count). The minimum absolute atomic E-state index is 0.106. The Labute approximate surface area is 158 Å². The Kier molecular flexibility index (Phi) is 3.99. The monoisotopic (exact) mass is 362 g/mol. The molecular weight excluding hydrogens is 340 g/mol. The summed E-state index contributed by atoms with van der Waals surface area (Å²) in [6.45, 7) is 2.58. The number of aliphatic hydroxyl groups is 1. The van der Waals surface area contributed by atoms with Gasteiger partial charge in [0.05, 0.1) is 12.2 Å². The summed E-state index contributed by atoms with van der Waals surface area (Å²) in [6.07, 6.45) is 2.21. The Morgan fingerprint density at radius 1 is 1.19 bits per heavy atom. The molecule has 3 aliphatic rings. The van der Waals surface area contributed by atoms with E-state index in [9.17, 15) is 9.90 Å². The fourth-order valence-electron chi connectivity index (χ4n) is 4.41. The number of carbonyl (C=O) groups is 1. The number of benzene rings is 2. The van der Waals surface area contributed by atoms with Crippen LogP contribution >= 0.6 is 0 Å². The van der Waals surface area contributed by atoms with Gasteiger partial charge in [0, 0.05) is 35.0 Å². The fraction of sp³-hybridized carbons (Fsp3) is 0.318. The lowest BCUT2D eigenvalue weighted by Gasteiger charge is -2.22. The molecule has 0 bridgehead atoms. The van der Waals surface area contributed by atoms with Crippen molar-refractivity contribution in [3.8, 4) is 0 Å². The summed E-state index contributed by atoms with van der Waals surface area (Å²) in [4.78, 5) is 14.9. The van der Waals surface area contributed by atoms with Gasteiger partial charge in [0.2, 0.25) is 0 Å². The minimum Gasteiger partial charge on any atom is -0.487 e. The van der Waals surface area contributed by atoms with E-state index < -0.39 is 0 Å². The molecule has 138 valence electrons. The fourth-order valence-corrected chi connectivity index (χ4v) is 4.41. The lowest BCUT2D eigenvalue weighted by molar-refractivity contribution is -0.110. The zero-order chi connectivity index (χ0) is 18.4. The van der Waals surface area contributed by atoms with E-state index >= 15 is 0 Å². The maximum Gasteiger partial charge on any atom is 0.260 e. The van der Waals surface area contributed by atoms with Crippen molar-refractivity contribution in [1.29, 1.82) is 0 Å². The number of para-hydroxylation sites is 1. The Balaban J connectivity index is 1.48. The summed E-state index contributed by atoms with van der Waals surface area (Å²) in [5, 5.41) is 12.4. The predicted octanol–water partition coefficient (Wildman–Crippen LogP) is 2.99. The van der Waals surface area contributed by atoms with Crippen LogP contribution in [-0.4, -0.2) is 35.1 Å². The first kappa shape index (κ1) is 16.5. The van der Waals surface area contributed by atoms with Crippen LogP contribution in [0.1, 0.15) is 35.1 Å². The van der Waals surface area contributed by atoms with E-state index in [2.05, 4.69) is 28.4 Å². The maximum atomic E-state index is 12.5. The molecule has 5 heteroatoms. The van der Waals surface area contributed by atoms with Crippen LogP contribution in [0.3, 0.4) is 0 Å². The van der Waals surface area contributed by atoms with E-state index in [4.69, 9.17) is 4.74 Å². The standard InChI is InChI=1S/C22H22N2O3/c25-12-16-4-3-9-24(16)11-14-7-8-17-15(10-14)13-27-21(17)20-18-5-1-2-6-19(18)23-22(20)26/h1-2,5-8,10,16,25H,3-4,9,11-13H2,(H,23,26)/t16-/m0/s1. The first-order valence-corrected chi connectivity index (χ1v) is 9.49. The quantitative estimate of drug-likeness (QED) is 0.824. The van der Waals surface area contributed by atoms with Crippen LogP contribution in [0.25, 0.3) is 11.3 Å². The van der Waals surface area contributed by atoms with Gasteiger partial charge >= 0.3 is 0 Å². The van der Waals surface area contributed by atoms with E-state index in [1.807, 2.05) is 24.3 Å². The number of fused-ring (bicyclic) bond motifs is 2. The Hall–Kier alpha value is -2.63. The number of carbonyl (C=O) groups excluding carboxylic acids is 1. The molecule has 1 saturated heterocycles. The number of anilines is 1. The molecule has 27 heavy (non-hydrogen) atoms. The van der Waals surface area contributed by atoms with Gasteiger partial charge in [-0.1, -0.05) is 36.4 Å². The summed E-state index contributed by atoms with van der Waals surface area (Å²) < 4.78 is 5.97. The third-order valence-corrected chi connectivity index (χ3v) is 5.78. The molecule has 0 unspecified atom stereocenters. The highest BCUT2D eigenvalue weighted by atomic mass is 16.5. The van der Waals surface area contributed by atoms with E-state index in [0.717, 1.165) is 48.3 Å². The molecule has 1 amide bonds. The molecule has 5 nitrogen and oxygen atoms in total. The molecule has 0 spiro atoms. The minimum atomic E-state index is -0.106. The van der Waals surface area contributed by atoms with Crippen LogP contribution in [0.2, 0.25) is 0 Å². The van der Waals surface area contributed by atoms with Crippen molar-refractivity contribution in [3.63, 3.8) is 0 Å². The first-order valence-electron chi connectivity index (χ1n) is 9.49. The third-order valence-electron chi connectivity index (χ3n) is 5.78. The molecule has 2 aromatic rings. The van der Waals surface area contributed by atoms with Gasteiger partial charge in [0.25, 0.3) is 5.91 Å². The first-order chi connectivity index (χ1) is 13.2. The van der Waals surface area contributed by atoms with Gasteiger partial charge < -0.3 is 15.2 Å². The molecule has 1 atom stereocenters. The van der Waals surface area contributed by atoms with Gasteiger partial charge in [-0.2, -0.15) is 0 Å². The second-order valence-corrected chi connectivity index (χ2v) is 7.43. The second kappa shape index (κ2) is 6.51. The molecule has 0 saturated carbocycles. The predicted molar refractivity (Wildman–Crippen MR) is 104 cm³/mol. The number of likely N-dealkylation sites (tertiary alicyclic amines) is 1. The summed E-state index contributed by atoms with van der Waals surface area (Å²) in [6, 6.07) is 14.3. The molecule has 0 radical (unpaired) electrons. The zero-order valence-electron chi connectivity index (χ0n) is 15.1. The number of ether oxygens (including phenoxy) is 1. The van der Waals surface area contributed by atoms with Crippen LogP contribution in [-0.2, 0) is 22.7 Å². The third kappa shape index (κ3) is 2.74. The van der Waals surface area contributed by atoms with Gasteiger partial charge in [-0.25, -0.2) is 0 Å². The Morgan fingerprint density at radius 2 is 2.07 bits per heavy atom. The number of nitrogens with zero attached hydrogens (tertiary/aromatic N) is 1. The molecule has 0 aromatic heterocycles. The molecule has 2 aromatic carbocycles. The van der Waals surface area contributed by atoms with Crippen molar-refractivity contribution in [2.75, 3.05) is 18.5 Å². The summed E-state index contributed by atoms with van der Waals surface area (Å²) in [7, 11) is 0. The van der Waals surface area contributed by atoms with Crippen molar-refractivity contribution in [2.24, 2.45) is 0 Å². The SMILES string of the molecule is O=C1Nc2ccccc2C1=C1OCc2cc(CN3CCC[C@H]3CO)ccc21. The van der Waals surface area contributed by atoms with Crippen molar-refractivity contribution < 1.29 is 14.6 Å². The highest BCUT2D eigenvalue weighted by molar-refractivity contribution is 6.36. The molecule has 0 aliphatic carbocycles. The molecular formula is C22H22N2O3. The molecule has 2 N–H and O–H groups in total. The van der Waals surface area contributed by atoms with E-state index in [-0.39, 0.29) is 18.6 Å². The summed E-state index contributed by atoms with van der Waals surface area (Å²) >= 11 is 0. The lowest BCUT2D eigenvalue weighted by atomic mass is 9.99. The number of hydrogen-bond donors (Lipinski definition) is 2. The molecule has 3 heterocycles. The molecule has 3 aliphatic heterocycles. The van der Waals surface area contributed by atoms with Gasteiger partial charge in [-0.3, -0.25) is 9.69 Å². The highest BCUT2D eigenvalue weighted by Crippen LogP contribution is 2.41. The number of hydrogen-bond acceptors (Lipinski definition) is 4. The number of aliphatic hydroxyl groups excluding tert-OH is 1. The van der Waals surface area contributed by atoms with Crippen molar-refractivity contribution in [1.82, 2.24) is 4.90 Å². The average molecular weight is 362 g/mol. The van der Waals surface area contributed by atoms with E-state index in [1.54, 1.807) is 0 Å². The average Bonchev–Trinajstić information content (AvgIpc) is 3.37. The highest BCUT2D eigenvalue weighted by Gasteiger charge is 2.32. The van der Waals surface area contributed by atoms with Gasteiger partial charge in [-0.05, 0) is 31.0 Å². The number of amides is 1. The molecule has 1 fully saturated rings. The second-order valence-electron chi connectivity index (χ2n) is 7.43. The van der Waals surface area contributed by atoms with Gasteiger partial charge in [0.1, 0.15) is 12.4 Å². The smallest absolute Gasteiger partial charge is 0.260 e. The van der Waals surface area contributed by atoms with Crippen LogP contribution in [0.15, 0.2) is 42.5 Å². The van der Waals surface area contributed by atoms with Gasteiger partial charge in [-0.15, -0.1) is 0 Å². The van der Waals surface area contributed by atoms with Crippen molar-refractivity contribution in [2.45, 2.75) is 32.0 Å². The van der Waals surface area contributed by atoms with Crippen LogP contribution in [0, 0.1) is 0 Å². The van der Waals surface area contributed by atoms with Crippen LogP contribution in [0.4, 0.5) is 5.69 Å². The van der Waals surface area contributed by atoms with E-state index in [1.165, 1.54) is 5.56 Å². The van der Waals surface area contributed by atoms with Crippen molar-refractivity contribution >= 4 is 22.9 Å². The normalized spacial score (nSPS) is 23.9. The number of nitrogens with one attached hydrogen (secondary N) is 1. The lowest BCUT2D eigenvalue weighted by Crippen LogP contribution is -2.31. The number of rotatable bonds is 3. The zero-order valence-corrected chi connectivity index (χ0v) is 15.1. The Bertz CT molecular complexity index is 950. The van der Waals surface area contributed by atoms with E-state index in [0.29, 0.717) is 17.9 Å². The van der Waals surface area contributed by atoms with Gasteiger partial charge in [0.15, 0.2) is 0 Å². The van der Waals surface area contributed by atoms with Crippen molar-refractivity contribution in [3.05, 3.63) is 64.7 Å². The summed E-state index contributed by atoms with van der Waals surface area (Å²) in [5.74, 6) is 0.569. The summed E-state index contributed by atoms with van der Waals surface area (Å²) in [5.41, 5.74) is 5.70. The van der Waals surface area contributed by atoms with Crippen LogP contribution < -0.4 is 5.32 Å².